The van der Waals surface area contributed by atoms with Crippen LogP contribution in [0.4, 0.5) is 11.4 Å². The van der Waals surface area contributed by atoms with Crippen LogP contribution in [0.5, 0.6) is 0 Å². The average Bonchev–Trinajstić information content (AvgIpc) is 3.03. The number of aromatic nitrogens is 2. The van der Waals surface area contributed by atoms with E-state index in [1.807, 2.05) is 24.3 Å². The lowest BCUT2D eigenvalue weighted by atomic mass is 10.2. The van der Waals surface area contributed by atoms with Crippen molar-refractivity contribution in [3.8, 4) is 0 Å². The fraction of sp³-hybridized carbons (Fsp3) is 0.286. The summed E-state index contributed by atoms with van der Waals surface area (Å²) in [6.45, 7) is 3.09. The number of benzene rings is 1. The van der Waals surface area contributed by atoms with Crippen LogP contribution in [0, 0.1) is 0 Å². The van der Waals surface area contributed by atoms with Gasteiger partial charge in [-0.2, -0.15) is 5.10 Å². The molecule has 3 rings (SSSR count). The molecule has 1 saturated heterocycles. The third-order valence-electron chi connectivity index (χ3n) is 3.26. The predicted octanol–water partition coefficient (Wildman–Crippen LogP) is 1.50. The summed E-state index contributed by atoms with van der Waals surface area (Å²) in [4.78, 5) is 14.3. The quantitative estimate of drug-likeness (QED) is 0.888. The Balaban J connectivity index is 1.80. The predicted molar refractivity (Wildman–Crippen MR) is 76.0 cm³/mol. The van der Waals surface area contributed by atoms with E-state index in [1.54, 1.807) is 6.20 Å². The molecule has 1 aliphatic rings. The molecular formula is C14H16N4O2. The highest BCUT2D eigenvalue weighted by atomic mass is 16.5. The zero-order chi connectivity index (χ0) is 13.8. The first-order valence-corrected chi connectivity index (χ1v) is 6.56. The molecule has 2 heterocycles. The second-order valence-corrected chi connectivity index (χ2v) is 4.56. The number of aromatic amines is 1. The monoisotopic (exact) mass is 272 g/mol. The van der Waals surface area contributed by atoms with Gasteiger partial charge in [0.25, 0.3) is 5.91 Å². The van der Waals surface area contributed by atoms with Crippen LogP contribution in [0.1, 0.15) is 10.4 Å². The van der Waals surface area contributed by atoms with E-state index >= 15 is 0 Å². The number of nitrogens with one attached hydrogen (secondary N) is 2. The Hall–Kier alpha value is -2.34. The van der Waals surface area contributed by atoms with Crippen molar-refractivity contribution in [1.29, 1.82) is 0 Å². The SMILES string of the molecule is O=C(Nc1ccccc1N1CCOCC1)c1cn[nH]c1. The molecule has 6 nitrogen and oxygen atoms in total. The van der Waals surface area contributed by atoms with Crippen LogP contribution >= 0.6 is 0 Å². The van der Waals surface area contributed by atoms with Crippen molar-refractivity contribution < 1.29 is 9.53 Å². The molecule has 0 bridgehead atoms. The van der Waals surface area contributed by atoms with Gasteiger partial charge < -0.3 is 15.0 Å². The average molecular weight is 272 g/mol. The van der Waals surface area contributed by atoms with Crippen LogP contribution in [0.2, 0.25) is 0 Å². The van der Waals surface area contributed by atoms with Crippen molar-refractivity contribution in [1.82, 2.24) is 10.2 Å². The van der Waals surface area contributed by atoms with Crippen molar-refractivity contribution in [2.75, 3.05) is 36.5 Å². The molecule has 1 aromatic carbocycles. The lowest BCUT2D eigenvalue weighted by molar-refractivity contribution is 0.102. The number of anilines is 2. The minimum absolute atomic E-state index is 0.167. The fourth-order valence-electron chi connectivity index (χ4n) is 2.23. The number of ether oxygens (including phenoxy) is 1. The van der Waals surface area contributed by atoms with Gasteiger partial charge in [0.2, 0.25) is 0 Å². The molecule has 2 aromatic rings. The number of para-hydroxylation sites is 2. The van der Waals surface area contributed by atoms with E-state index in [0.717, 1.165) is 24.5 Å². The molecule has 1 aromatic heterocycles. The summed E-state index contributed by atoms with van der Waals surface area (Å²) in [5.41, 5.74) is 2.34. The molecule has 0 unspecified atom stereocenters. The number of nitrogens with zero attached hydrogens (tertiary/aromatic N) is 2. The van der Waals surface area contributed by atoms with Gasteiger partial charge in [-0.1, -0.05) is 12.1 Å². The van der Waals surface area contributed by atoms with Gasteiger partial charge in [0.1, 0.15) is 0 Å². The summed E-state index contributed by atoms with van der Waals surface area (Å²) in [5, 5.41) is 9.35. The van der Waals surface area contributed by atoms with Gasteiger partial charge in [-0.3, -0.25) is 9.89 Å². The van der Waals surface area contributed by atoms with E-state index in [-0.39, 0.29) is 5.91 Å². The number of H-pyrrole nitrogens is 1. The van der Waals surface area contributed by atoms with Crippen molar-refractivity contribution in [2.24, 2.45) is 0 Å². The van der Waals surface area contributed by atoms with E-state index in [2.05, 4.69) is 20.4 Å². The Bertz CT molecular complexity index is 577. The maximum absolute atomic E-state index is 12.1. The first-order valence-electron chi connectivity index (χ1n) is 6.56. The van der Waals surface area contributed by atoms with E-state index < -0.39 is 0 Å². The second kappa shape index (κ2) is 5.75. The highest BCUT2D eigenvalue weighted by Crippen LogP contribution is 2.26. The van der Waals surface area contributed by atoms with Crippen molar-refractivity contribution >= 4 is 17.3 Å². The zero-order valence-electron chi connectivity index (χ0n) is 11.0. The minimum atomic E-state index is -0.167. The molecule has 0 spiro atoms. The molecule has 0 aliphatic carbocycles. The van der Waals surface area contributed by atoms with Gasteiger partial charge in [0.05, 0.1) is 36.3 Å². The van der Waals surface area contributed by atoms with E-state index in [9.17, 15) is 4.79 Å². The molecule has 6 heteroatoms. The number of amides is 1. The highest BCUT2D eigenvalue weighted by Gasteiger charge is 2.16. The molecule has 0 saturated carbocycles. The number of carbonyl (C=O) groups excluding carboxylic acids is 1. The molecule has 2 N–H and O–H groups in total. The summed E-state index contributed by atoms with van der Waals surface area (Å²) in [7, 11) is 0. The van der Waals surface area contributed by atoms with Crippen LogP contribution in [0.3, 0.4) is 0 Å². The summed E-state index contributed by atoms with van der Waals surface area (Å²) in [6, 6.07) is 7.80. The van der Waals surface area contributed by atoms with Gasteiger partial charge in [0, 0.05) is 19.3 Å². The van der Waals surface area contributed by atoms with Crippen LogP contribution in [-0.4, -0.2) is 42.4 Å². The van der Waals surface area contributed by atoms with E-state index in [4.69, 9.17) is 4.74 Å². The van der Waals surface area contributed by atoms with Crippen molar-refractivity contribution in [3.63, 3.8) is 0 Å². The Labute approximate surface area is 116 Å². The van der Waals surface area contributed by atoms with Crippen molar-refractivity contribution in [3.05, 3.63) is 42.2 Å². The normalized spacial score (nSPS) is 15.1. The highest BCUT2D eigenvalue weighted by molar-refractivity contribution is 6.05. The van der Waals surface area contributed by atoms with Crippen LogP contribution in [0.25, 0.3) is 0 Å². The third kappa shape index (κ3) is 2.65. The largest absolute Gasteiger partial charge is 0.378 e. The Morgan fingerprint density at radius 1 is 1.30 bits per heavy atom. The number of hydrogen-bond acceptors (Lipinski definition) is 4. The summed E-state index contributed by atoms with van der Waals surface area (Å²) in [5.74, 6) is -0.167. The summed E-state index contributed by atoms with van der Waals surface area (Å²) >= 11 is 0. The Morgan fingerprint density at radius 3 is 2.85 bits per heavy atom. The lowest BCUT2D eigenvalue weighted by Gasteiger charge is -2.30. The number of carbonyl (C=O) groups is 1. The molecule has 1 amide bonds. The molecule has 0 atom stereocenters. The van der Waals surface area contributed by atoms with Gasteiger partial charge in [-0.05, 0) is 12.1 Å². The fourth-order valence-corrected chi connectivity index (χ4v) is 2.23. The van der Waals surface area contributed by atoms with Crippen LogP contribution in [0.15, 0.2) is 36.7 Å². The van der Waals surface area contributed by atoms with Gasteiger partial charge in [-0.25, -0.2) is 0 Å². The Kier molecular flexibility index (Phi) is 3.64. The van der Waals surface area contributed by atoms with E-state index in [1.165, 1.54) is 6.20 Å². The van der Waals surface area contributed by atoms with Crippen LogP contribution in [-0.2, 0) is 4.74 Å². The smallest absolute Gasteiger partial charge is 0.258 e. The molecule has 104 valence electrons. The zero-order valence-corrected chi connectivity index (χ0v) is 11.0. The summed E-state index contributed by atoms with van der Waals surface area (Å²) in [6.07, 6.45) is 3.08. The lowest BCUT2D eigenvalue weighted by Crippen LogP contribution is -2.36. The van der Waals surface area contributed by atoms with Gasteiger partial charge in [-0.15, -0.1) is 0 Å². The second-order valence-electron chi connectivity index (χ2n) is 4.56. The molecule has 1 fully saturated rings. The van der Waals surface area contributed by atoms with E-state index in [0.29, 0.717) is 18.8 Å². The number of morpholine rings is 1. The van der Waals surface area contributed by atoms with Gasteiger partial charge in [0.15, 0.2) is 0 Å². The molecule has 0 radical (unpaired) electrons. The molecule has 20 heavy (non-hydrogen) atoms. The topological polar surface area (TPSA) is 70.2 Å². The van der Waals surface area contributed by atoms with Crippen LogP contribution < -0.4 is 10.2 Å². The standard InChI is InChI=1S/C14H16N4O2/c19-14(11-9-15-16-10-11)17-12-3-1-2-4-13(12)18-5-7-20-8-6-18/h1-4,9-10H,5-8H2,(H,15,16)(H,17,19). The molecule has 1 aliphatic heterocycles. The maximum Gasteiger partial charge on any atom is 0.258 e. The number of hydrogen-bond donors (Lipinski definition) is 2. The first kappa shape index (κ1) is 12.7. The van der Waals surface area contributed by atoms with Gasteiger partial charge >= 0.3 is 0 Å². The molecular weight excluding hydrogens is 256 g/mol. The van der Waals surface area contributed by atoms with Crippen molar-refractivity contribution in [2.45, 2.75) is 0 Å². The summed E-state index contributed by atoms with van der Waals surface area (Å²) < 4.78 is 5.36. The minimum Gasteiger partial charge on any atom is -0.378 e. The maximum atomic E-state index is 12.1. The number of rotatable bonds is 3. The third-order valence-corrected chi connectivity index (χ3v) is 3.26. The first-order chi connectivity index (χ1) is 9.84. The Morgan fingerprint density at radius 2 is 2.10 bits per heavy atom.